The Morgan fingerprint density at radius 3 is 2.37 bits per heavy atom. The maximum absolute atomic E-state index is 13.3. The van der Waals surface area contributed by atoms with E-state index in [1.807, 2.05) is 19.1 Å². The fourth-order valence-electron chi connectivity index (χ4n) is 2.83. The van der Waals surface area contributed by atoms with Crippen LogP contribution in [0.2, 0.25) is 5.02 Å². The zero-order chi connectivity index (χ0) is 19.1. The van der Waals surface area contributed by atoms with Crippen molar-refractivity contribution in [3.05, 3.63) is 58.1 Å². The Morgan fingerprint density at radius 1 is 1.22 bits per heavy atom. The van der Waals surface area contributed by atoms with E-state index in [0.717, 1.165) is 18.1 Å². The average Bonchev–Trinajstić information content (AvgIpc) is 2.59. The number of aliphatic carboxylic acids is 1. The fraction of sp³-hybridized carbons (Fsp3) is 0.211. The van der Waals surface area contributed by atoms with E-state index in [1.165, 1.54) is 12.1 Å². The van der Waals surface area contributed by atoms with E-state index in [4.69, 9.17) is 21.4 Å². The Hall–Kier alpha value is -1.47. The molecule has 0 fully saturated rings. The molecule has 0 radical (unpaired) electrons. The normalized spacial score (nSPS) is 15.9. The Balaban J connectivity index is 0.00000261. The van der Waals surface area contributed by atoms with Crippen molar-refractivity contribution in [3.63, 3.8) is 0 Å². The van der Waals surface area contributed by atoms with Gasteiger partial charge in [0.1, 0.15) is 5.75 Å². The number of ether oxygens (including phenoxy) is 1. The number of hydrogen-bond donors (Lipinski definition) is 1. The van der Waals surface area contributed by atoms with Gasteiger partial charge in [0, 0.05) is 16.1 Å². The van der Waals surface area contributed by atoms with Crippen LogP contribution in [0, 0.1) is 0 Å². The van der Waals surface area contributed by atoms with Crippen molar-refractivity contribution in [2.24, 2.45) is 0 Å². The first kappa shape index (κ1) is 21.8. The molecule has 1 N–H and O–H groups in total. The fourth-order valence-corrected chi connectivity index (χ4v) is 3.06. The number of carbonyl (C=O) groups is 1. The van der Waals surface area contributed by atoms with Gasteiger partial charge in [0.25, 0.3) is 0 Å². The van der Waals surface area contributed by atoms with Crippen molar-refractivity contribution in [2.75, 3.05) is 0 Å². The van der Waals surface area contributed by atoms with Crippen molar-refractivity contribution < 1.29 is 27.8 Å². The summed E-state index contributed by atoms with van der Waals surface area (Å²) in [6, 6.07) is 10.2. The first-order valence-electron chi connectivity index (χ1n) is 7.81. The molecular weight excluding hydrogens is 392 g/mol. The second-order valence-electron chi connectivity index (χ2n) is 5.87. The van der Waals surface area contributed by atoms with Gasteiger partial charge in [-0.05, 0) is 35.8 Å². The molecule has 1 atom stereocenters. The number of benzene rings is 2. The minimum atomic E-state index is -4.86. The predicted molar refractivity (Wildman–Crippen MR) is 99.5 cm³/mol. The first-order chi connectivity index (χ1) is 12.2. The molecule has 3 nitrogen and oxygen atoms in total. The Kier molecular flexibility index (Phi) is 6.68. The van der Waals surface area contributed by atoms with Crippen molar-refractivity contribution in [1.29, 1.82) is 0 Å². The molecule has 0 bridgehead atoms. The standard InChI is InChI=1S/C19H14ClF3O3.Na.H/c1-2-10-3-5-11(6-4-10)14-9-13(20)7-12-8-15(18(24)25)17(19(21,22)23)26-16(12)14;;/h3-9,17H,2H2,1H3,(H,24,25);;. The van der Waals surface area contributed by atoms with Gasteiger partial charge < -0.3 is 9.84 Å². The molecule has 1 unspecified atom stereocenters. The zero-order valence-corrected chi connectivity index (χ0v) is 14.4. The second-order valence-corrected chi connectivity index (χ2v) is 6.30. The van der Waals surface area contributed by atoms with Gasteiger partial charge in [-0.25, -0.2) is 4.79 Å². The van der Waals surface area contributed by atoms with Gasteiger partial charge in [0.2, 0.25) is 6.10 Å². The van der Waals surface area contributed by atoms with Crippen LogP contribution in [0.5, 0.6) is 5.75 Å². The van der Waals surface area contributed by atoms with E-state index in [-0.39, 0.29) is 45.9 Å². The van der Waals surface area contributed by atoms with Crippen LogP contribution in [0.25, 0.3) is 17.2 Å². The maximum atomic E-state index is 13.3. The van der Waals surface area contributed by atoms with Crippen molar-refractivity contribution >= 4 is 53.2 Å². The number of rotatable bonds is 3. The molecule has 0 aliphatic carbocycles. The van der Waals surface area contributed by atoms with Gasteiger partial charge in [0.05, 0.1) is 5.57 Å². The monoisotopic (exact) mass is 406 g/mol. The van der Waals surface area contributed by atoms with Crippen LogP contribution < -0.4 is 4.74 Å². The molecule has 1 heterocycles. The second kappa shape index (κ2) is 8.27. The summed E-state index contributed by atoms with van der Waals surface area (Å²) >= 11 is 6.09. The van der Waals surface area contributed by atoms with E-state index in [0.29, 0.717) is 11.1 Å². The number of fused-ring (bicyclic) bond motifs is 1. The van der Waals surface area contributed by atoms with Gasteiger partial charge >= 0.3 is 41.7 Å². The molecule has 1 aliphatic rings. The minimum absolute atomic E-state index is 0. The molecular formula is C19H15ClF3NaO3. The molecule has 1 aliphatic heterocycles. The summed E-state index contributed by atoms with van der Waals surface area (Å²) in [5.74, 6) is -1.72. The van der Waals surface area contributed by atoms with Crippen molar-refractivity contribution in [2.45, 2.75) is 25.6 Å². The Bertz CT molecular complexity index is 892. The molecule has 0 saturated heterocycles. The molecule has 0 amide bonds. The third-order valence-corrected chi connectivity index (χ3v) is 4.35. The number of aryl methyl sites for hydroxylation is 1. The van der Waals surface area contributed by atoms with Crippen molar-refractivity contribution in [3.8, 4) is 16.9 Å². The quantitative estimate of drug-likeness (QED) is 0.751. The Morgan fingerprint density at radius 2 is 1.85 bits per heavy atom. The van der Waals surface area contributed by atoms with Crippen LogP contribution in [0.15, 0.2) is 42.0 Å². The molecule has 2 aromatic rings. The SMILES string of the molecule is CCc1ccc(-c2cc(Cl)cc3c2OC(C(F)(F)F)C(C(=O)O)=C3)cc1.[NaH]. The number of carboxylic acids is 1. The molecule has 0 saturated carbocycles. The third kappa shape index (κ3) is 4.51. The van der Waals surface area contributed by atoms with Gasteiger partial charge in [-0.2, -0.15) is 13.2 Å². The number of halogens is 4. The van der Waals surface area contributed by atoms with Gasteiger partial charge in [0.15, 0.2) is 0 Å². The summed E-state index contributed by atoms with van der Waals surface area (Å²) in [4.78, 5) is 11.3. The topological polar surface area (TPSA) is 46.5 Å². The average molecular weight is 407 g/mol. The molecule has 0 spiro atoms. The summed E-state index contributed by atoms with van der Waals surface area (Å²) in [5.41, 5.74) is 1.41. The van der Waals surface area contributed by atoms with E-state index in [1.54, 1.807) is 12.1 Å². The van der Waals surface area contributed by atoms with Crippen LogP contribution >= 0.6 is 11.6 Å². The molecule has 138 valence electrons. The number of hydrogen-bond acceptors (Lipinski definition) is 2. The summed E-state index contributed by atoms with van der Waals surface area (Å²) in [6.45, 7) is 1.99. The third-order valence-electron chi connectivity index (χ3n) is 4.13. The van der Waals surface area contributed by atoms with E-state index >= 15 is 0 Å². The number of alkyl halides is 3. The van der Waals surface area contributed by atoms with Crippen LogP contribution in [0.4, 0.5) is 13.2 Å². The summed E-state index contributed by atoms with van der Waals surface area (Å²) in [7, 11) is 0. The van der Waals surface area contributed by atoms with E-state index in [9.17, 15) is 18.0 Å². The summed E-state index contributed by atoms with van der Waals surface area (Å²) in [6.07, 6.45) is -5.60. The van der Waals surface area contributed by atoms with E-state index < -0.39 is 23.8 Å². The molecule has 8 heteroatoms. The predicted octanol–water partition coefficient (Wildman–Crippen LogP) is 4.71. The molecule has 27 heavy (non-hydrogen) atoms. The summed E-state index contributed by atoms with van der Waals surface area (Å²) < 4.78 is 45.0. The number of carboxylic acid groups (broad SMARTS) is 1. The molecule has 2 aromatic carbocycles. The van der Waals surface area contributed by atoms with Crippen LogP contribution in [-0.2, 0) is 11.2 Å². The Labute approximate surface area is 181 Å². The van der Waals surface area contributed by atoms with Gasteiger partial charge in [-0.1, -0.05) is 42.8 Å². The van der Waals surface area contributed by atoms with Gasteiger partial charge in [-0.15, -0.1) is 0 Å². The van der Waals surface area contributed by atoms with Crippen LogP contribution in [0.3, 0.4) is 0 Å². The van der Waals surface area contributed by atoms with E-state index in [2.05, 4.69) is 0 Å². The van der Waals surface area contributed by atoms with Crippen molar-refractivity contribution in [1.82, 2.24) is 0 Å². The first-order valence-corrected chi connectivity index (χ1v) is 8.19. The molecule has 3 rings (SSSR count). The van der Waals surface area contributed by atoms with Crippen LogP contribution in [0.1, 0.15) is 18.1 Å². The zero-order valence-electron chi connectivity index (χ0n) is 13.6. The van der Waals surface area contributed by atoms with Gasteiger partial charge in [-0.3, -0.25) is 0 Å². The molecule has 0 aromatic heterocycles. The van der Waals surface area contributed by atoms with Crippen LogP contribution in [-0.4, -0.2) is 52.9 Å². The summed E-state index contributed by atoms with van der Waals surface area (Å²) in [5, 5.41) is 9.40.